The molecule has 2 rings (SSSR count). The van der Waals surface area contributed by atoms with Crippen molar-refractivity contribution in [2.45, 2.75) is 26.3 Å². The number of ether oxygens (including phenoxy) is 1. The van der Waals surface area contributed by atoms with E-state index in [4.69, 9.17) is 9.15 Å². The van der Waals surface area contributed by atoms with Gasteiger partial charge < -0.3 is 14.5 Å². The number of carbonyl (C=O) groups is 1. The van der Waals surface area contributed by atoms with E-state index >= 15 is 0 Å². The maximum absolute atomic E-state index is 11.8. The minimum absolute atomic E-state index is 0.00844. The summed E-state index contributed by atoms with van der Waals surface area (Å²) in [5.41, 5.74) is 1.02. The highest BCUT2D eigenvalue weighted by atomic mass is 16.5. The van der Waals surface area contributed by atoms with Gasteiger partial charge in [0.1, 0.15) is 11.5 Å². The predicted octanol–water partition coefficient (Wildman–Crippen LogP) is 2.71. The Morgan fingerprint density at radius 3 is 2.80 bits per heavy atom. The van der Waals surface area contributed by atoms with Gasteiger partial charge in [-0.3, -0.25) is 4.79 Å². The second kappa shape index (κ2) is 6.80. The van der Waals surface area contributed by atoms with Gasteiger partial charge in [-0.15, -0.1) is 0 Å². The zero-order valence-electron chi connectivity index (χ0n) is 11.8. The zero-order valence-corrected chi connectivity index (χ0v) is 11.8. The molecule has 1 aromatic heterocycles. The first-order chi connectivity index (χ1) is 9.65. The SMILES string of the molecule is Cc1ccccc1OCC(=O)NC(C)Cc1ccco1. The normalized spacial score (nSPS) is 11.9. The minimum atomic E-state index is -0.132. The van der Waals surface area contributed by atoms with Crippen molar-refractivity contribution >= 4 is 5.91 Å². The molecular formula is C16H19NO3. The fraction of sp³-hybridized carbons (Fsp3) is 0.312. The smallest absolute Gasteiger partial charge is 0.258 e. The number of hydrogen-bond donors (Lipinski definition) is 1. The summed E-state index contributed by atoms with van der Waals surface area (Å²) in [7, 11) is 0. The molecule has 0 fully saturated rings. The fourth-order valence-corrected chi connectivity index (χ4v) is 1.96. The molecule has 0 saturated carbocycles. The quantitative estimate of drug-likeness (QED) is 0.880. The predicted molar refractivity (Wildman–Crippen MR) is 76.7 cm³/mol. The molecule has 4 nitrogen and oxygen atoms in total. The monoisotopic (exact) mass is 273 g/mol. The number of furan rings is 1. The highest BCUT2D eigenvalue weighted by Crippen LogP contribution is 2.15. The average Bonchev–Trinajstić information content (AvgIpc) is 2.90. The summed E-state index contributed by atoms with van der Waals surface area (Å²) in [6.45, 7) is 3.91. The Hall–Kier alpha value is -2.23. The van der Waals surface area contributed by atoms with Crippen molar-refractivity contribution in [1.82, 2.24) is 5.32 Å². The van der Waals surface area contributed by atoms with Gasteiger partial charge in [-0.25, -0.2) is 0 Å². The molecule has 1 N–H and O–H groups in total. The number of para-hydroxylation sites is 1. The Bertz CT molecular complexity index is 549. The van der Waals surface area contributed by atoms with Crippen molar-refractivity contribution in [3.63, 3.8) is 0 Å². The Morgan fingerprint density at radius 2 is 2.10 bits per heavy atom. The first-order valence-electron chi connectivity index (χ1n) is 6.65. The van der Waals surface area contributed by atoms with Crippen LogP contribution in [-0.2, 0) is 11.2 Å². The van der Waals surface area contributed by atoms with Crippen LogP contribution in [0.5, 0.6) is 5.75 Å². The molecule has 0 spiro atoms. The molecule has 0 radical (unpaired) electrons. The van der Waals surface area contributed by atoms with Crippen LogP contribution in [0.1, 0.15) is 18.2 Å². The molecular weight excluding hydrogens is 254 g/mol. The lowest BCUT2D eigenvalue weighted by Gasteiger charge is -2.13. The molecule has 1 amide bonds. The van der Waals surface area contributed by atoms with Crippen molar-refractivity contribution in [1.29, 1.82) is 0 Å². The van der Waals surface area contributed by atoms with Gasteiger partial charge in [0, 0.05) is 12.5 Å². The highest BCUT2D eigenvalue weighted by Gasteiger charge is 2.10. The van der Waals surface area contributed by atoms with Crippen LogP contribution in [0.15, 0.2) is 47.1 Å². The molecule has 1 aromatic carbocycles. The Labute approximate surface area is 118 Å². The van der Waals surface area contributed by atoms with Crippen LogP contribution in [0.4, 0.5) is 0 Å². The van der Waals surface area contributed by atoms with E-state index < -0.39 is 0 Å². The first kappa shape index (κ1) is 14.2. The average molecular weight is 273 g/mol. The molecule has 106 valence electrons. The topological polar surface area (TPSA) is 51.5 Å². The van der Waals surface area contributed by atoms with Gasteiger partial charge in [-0.05, 0) is 37.6 Å². The maximum Gasteiger partial charge on any atom is 0.258 e. The maximum atomic E-state index is 11.8. The molecule has 0 aliphatic rings. The van der Waals surface area contributed by atoms with E-state index in [2.05, 4.69) is 5.32 Å². The summed E-state index contributed by atoms with van der Waals surface area (Å²) < 4.78 is 10.7. The summed E-state index contributed by atoms with van der Waals surface area (Å²) >= 11 is 0. The van der Waals surface area contributed by atoms with E-state index in [1.807, 2.05) is 50.2 Å². The molecule has 4 heteroatoms. The summed E-state index contributed by atoms with van der Waals surface area (Å²) in [6.07, 6.45) is 2.30. The summed E-state index contributed by atoms with van der Waals surface area (Å²) in [5, 5.41) is 2.88. The van der Waals surface area contributed by atoms with E-state index in [9.17, 15) is 4.79 Å². The number of amides is 1. The first-order valence-corrected chi connectivity index (χ1v) is 6.65. The molecule has 1 atom stereocenters. The number of aryl methyl sites for hydroxylation is 1. The molecule has 2 aromatic rings. The zero-order chi connectivity index (χ0) is 14.4. The van der Waals surface area contributed by atoms with E-state index in [0.717, 1.165) is 17.1 Å². The number of carbonyl (C=O) groups excluding carboxylic acids is 1. The fourth-order valence-electron chi connectivity index (χ4n) is 1.96. The second-order valence-electron chi connectivity index (χ2n) is 4.81. The Morgan fingerprint density at radius 1 is 1.30 bits per heavy atom. The van der Waals surface area contributed by atoms with Crippen LogP contribution in [0, 0.1) is 6.92 Å². The van der Waals surface area contributed by atoms with E-state index in [1.54, 1.807) is 6.26 Å². The minimum Gasteiger partial charge on any atom is -0.484 e. The third-order valence-electron chi connectivity index (χ3n) is 2.95. The molecule has 0 saturated heterocycles. The van der Waals surface area contributed by atoms with Crippen LogP contribution in [0.25, 0.3) is 0 Å². The van der Waals surface area contributed by atoms with E-state index in [0.29, 0.717) is 6.42 Å². The molecule has 1 unspecified atom stereocenters. The lowest BCUT2D eigenvalue weighted by molar-refractivity contribution is -0.123. The van der Waals surface area contributed by atoms with E-state index in [1.165, 1.54) is 0 Å². The molecule has 0 aliphatic heterocycles. The lowest BCUT2D eigenvalue weighted by Crippen LogP contribution is -2.37. The molecule has 0 aliphatic carbocycles. The Kier molecular flexibility index (Phi) is 4.82. The third-order valence-corrected chi connectivity index (χ3v) is 2.95. The summed E-state index contributed by atoms with van der Waals surface area (Å²) in [5.74, 6) is 1.46. The number of benzene rings is 1. The van der Waals surface area contributed by atoms with Crippen LogP contribution < -0.4 is 10.1 Å². The van der Waals surface area contributed by atoms with Crippen LogP contribution >= 0.6 is 0 Å². The summed E-state index contributed by atoms with van der Waals surface area (Å²) in [6, 6.07) is 11.4. The van der Waals surface area contributed by atoms with Gasteiger partial charge in [0.05, 0.1) is 6.26 Å². The van der Waals surface area contributed by atoms with Gasteiger partial charge in [-0.2, -0.15) is 0 Å². The van der Waals surface area contributed by atoms with Crippen molar-refractivity contribution in [2.75, 3.05) is 6.61 Å². The van der Waals surface area contributed by atoms with Gasteiger partial charge in [0.2, 0.25) is 0 Å². The van der Waals surface area contributed by atoms with Crippen LogP contribution in [0.3, 0.4) is 0 Å². The molecule has 1 heterocycles. The summed E-state index contributed by atoms with van der Waals surface area (Å²) in [4.78, 5) is 11.8. The van der Waals surface area contributed by atoms with Crippen molar-refractivity contribution in [3.8, 4) is 5.75 Å². The number of rotatable bonds is 6. The lowest BCUT2D eigenvalue weighted by atomic mass is 10.2. The van der Waals surface area contributed by atoms with Crippen LogP contribution in [-0.4, -0.2) is 18.6 Å². The number of hydrogen-bond acceptors (Lipinski definition) is 3. The largest absolute Gasteiger partial charge is 0.484 e. The van der Waals surface area contributed by atoms with Crippen molar-refractivity contribution in [3.05, 3.63) is 54.0 Å². The van der Waals surface area contributed by atoms with Crippen molar-refractivity contribution in [2.24, 2.45) is 0 Å². The Balaban J connectivity index is 1.76. The second-order valence-corrected chi connectivity index (χ2v) is 4.81. The number of nitrogens with one attached hydrogen (secondary N) is 1. The van der Waals surface area contributed by atoms with E-state index in [-0.39, 0.29) is 18.6 Å². The van der Waals surface area contributed by atoms with Gasteiger partial charge >= 0.3 is 0 Å². The van der Waals surface area contributed by atoms with Crippen molar-refractivity contribution < 1.29 is 13.9 Å². The third kappa shape index (κ3) is 4.16. The van der Waals surface area contributed by atoms with Gasteiger partial charge in [-0.1, -0.05) is 18.2 Å². The standard InChI is InChI=1S/C16H19NO3/c1-12-6-3-4-8-15(12)20-11-16(18)17-13(2)10-14-7-5-9-19-14/h3-9,13H,10-11H2,1-2H3,(H,17,18). The van der Waals surface area contributed by atoms with Gasteiger partial charge in [0.15, 0.2) is 6.61 Å². The van der Waals surface area contributed by atoms with Crippen LogP contribution in [0.2, 0.25) is 0 Å². The molecule has 20 heavy (non-hydrogen) atoms. The van der Waals surface area contributed by atoms with Gasteiger partial charge in [0.25, 0.3) is 5.91 Å². The molecule has 0 bridgehead atoms. The highest BCUT2D eigenvalue weighted by molar-refractivity contribution is 5.77.